The quantitative estimate of drug-likeness (QED) is 0.842. The lowest BCUT2D eigenvalue weighted by molar-refractivity contribution is 0.270. The van der Waals surface area contributed by atoms with Crippen molar-refractivity contribution in [1.29, 1.82) is 0 Å². The molecule has 2 aliphatic rings. The van der Waals surface area contributed by atoms with E-state index in [-0.39, 0.29) is 5.41 Å². The minimum Gasteiger partial charge on any atom is -0.365 e. The molecule has 2 fully saturated rings. The minimum absolute atomic E-state index is 0.199. The molecule has 2 N–H and O–H groups in total. The number of benzene rings is 1. The van der Waals surface area contributed by atoms with Gasteiger partial charge in [-0.15, -0.1) is 0 Å². The van der Waals surface area contributed by atoms with Crippen LogP contribution in [0.15, 0.2) is 24.3 Å². The van der Waals surface area contributed by atoms with Crippen molar-refractivity contribution in [2.75, 3.05) is 4.90 Å². The second-order valence-corrected chi connectivity index (χ2v) is 7.64. The van der Waals surface area contributed by atoms with E-state index >= 15 is 0 Å². The highest BCUT2D eigenvalue weighted by atomic mass is 15.2. The van der Waals surface area contributed by atoms with Gasteiger partial charge >= 0.3 is 0 Å². The van der Waals surface area contributed by atoms with Crippen molar-refractivity contribution < 1.29 is 0 Å². The third-order valence-corrected chi connectivity index (χ3v) is 5.00. The number of nitrogens with zero attached hydrogens (tertiary/aromatic N) is 1. The van der Waals surface area contributed by atoms with Gasteiger partial charge in [-0.1, -0.05) is 39.0 Å². The Morgan fingerprint density at radius 3 is 2.25 bits per heavy atom. The summed E-state index contributed by atoms with van der Waals surface area (Å²) in [4.78, 5) is 2.72. The summed E-state index contributed by atoms with van der Waals surface area (Å²) in [6, 6.07) is 10.7. The Hall–Kier alpha value is -1.02. The van der Waals surface area contributed by atoms with Gasteiger partial charge in [0.25, 0.3) is 0 Å². The summed E-state index contributed by atoms with van der Waals surface area (Å²) in [7, 11) is 0. The molecule has 0 aliphatic carbocycles. The van der Waals surface area contributed by atoms with E-state index in [4.69, 9.17) is 5.73 Å². The van der Waals surface area contributed by atoms with E-state index in [1.54, 1.807) is 0 Å². The number of piperidine rings is 2. The van der Waals surface area contributed by atoms with Crippen LogP contribution < -0.4 is 10.6 Å². The molecule has 0 amide bonds. The van der Waals surface area contributed by atoms with E-state index in [1.165, 1.54) is 30.5 Å². The van der Waals surface area contributed by atoms with Crippen molar-refractivity contribution in [3.05, 3.63) is 29.8 Å². The van der Waals surface area contributed by atoms with Gasteiger partial charge in [0.2, 0.25) is 0 Å². The maximum atomic E-state index is 6.26. The lowest BCUT2D eigenvalue weighted by atomic mass is 9.79. The van der Waals surface area contributed by atoms with Crippen LogP contribution in [0.4, 0.5) is 5.69 Å². The van der Waals surface area contributed by atoms with E-state index < -0.39 is 0 Å². The smallest absolute Gasteiger partial charge is 0.0409 e. The van der Waals surface area contributed by atoms with Crippen molar-refractivity contribution in [3.63, 3.8) is 0 Å². The van der Waals surface area contributed by atoms with Crippen molar-refractivity contribution in [2.45, 2.75) is 76.4 Å². The fraction of sp³-hybridized carbons (Fsp3) is 0.667. The molecule has 2 saturated heterocycles. The number of hydrogen-bond acceptors (Lipinski definition) is 2. The Morgan fingerprint density at radius 2 is 1.65 bits per heavy atom. The highest BCUT2D eigenvalue weighted by Crippen LogP contribution is 2.41. The normalized spacial score (nSPS) is 30.4. The molecule has 2 unspecified atom stereocenters. The standard InChI is InChI=1S/C18H28N2/c1-18(2,3)16-9-4-5-10-17(16)20-14-7-6-8-15(20)12-13(19)11-14/h4-5,9-10,13-15H,6-8,11-12,19H2,1-3H3. The van der Waals surface area contributed by atoms with Gasteiger partial charge in [0.1, 0.15) is 0 Å². The van der Waals surface area contributed by atoms with Crippen LogP contribution in [0.2, 0.25) is 0 Å². The van der Waals surface area contributed by atoms with Crippen molar-refractivity contribution in [1.82, 2.24) is 0 Å². The molecule has 0 aromatic heterocycles. The summed E-state index contributed by atoms with van der Waals surface area (Å²) >= 11 is 0. The molecule has 2 heteroatoms. The van der Waals surface area contributed by atoms with Crippen molar-refractivity contribution in [3.8, 4) is 0 Å². The van der Waals surface area contributed by atoms with Crippen LogP contribution in [-0.2, 0) is 5.41 Å². The molecule has 2 bridgehead atoms. The lowest BCUT2D eigenvalue weighted by Gasteiger charge is -2.51. The number of hydrogen-bond donors (Lipinski definition) is 1. The molecule has 0 spiro atoms. The van der Waals surface area contributed by atoms with Gasteiger partial charge in [0.05, 0.1) is 0 Å². The van der Waals surface area contributed by atoms with Gasteiger partial charge < -0.3 is 10.6 Å². The molecular formula is C18H28N2. The average Bonchev–Trinajstić information content (AvgIpc) is 2.36. The molecule has 1 aromatic rings. The van der Waals surface area contributed by atoms with Gasteiger partial charge in [0, 0.05) is 23.8 Å². The van der Waals surface area contributed by atoms with E-state index in [9.17, 15) is 0 Å². The summed E-state index contributed by atoms with van der Waals surface area (Å²) in [5.41, 5.74) is 9.40. The van der Waals surface area contributed by atoms with Gasteiger partial charge in [-0.2, -0.15) is 0 Å². The van der Waals surface area contributed by atoms with Crippen molar-refractivity contribution >= 4 is 5.69 Å². The monoisotopic (exact) mass is 272 g/mol. The Labute approximate surface area is 123 Å². The van der Waals surface area contributed by atoms with E-state index in [2.05, 4.69) is 49.9 Å². The number of nitrogens with two attached hydrogens (primary N) is 1. The summed E-state index contributed by atoms with van der Waals surface area (Å²) in [6.07, 6.45) is 6.31. The number of fused-ring (bicyclic) bond motifs is 2. The fourth-order valence-corrected chi connectivity index (χ4v) is 4.15. The van der Waals surface area contributed by atoms with E-state index in [0.29, 0.717) is 18.1 Å². The summed E-state index contributed by atoms with van der Waals surface area (Å²) < 4.78 is 0. The Morgan fingerprint density at radius 1 is 1.05 bits per heavy atom. The molecule has 2 heterocycles. The first-order valence-corrected chi connectivity index (χ1v) is 8.10. The Bertz CT molecular complexity index is 461. The number of anilines is 1. The molecule has 0 radical (unpaired) electrons. The zero-order valence-electron chi connectivity index (χ0n) is 13.1. The summed E-state index contributed by atoms with van der Waals surface area (Å²) in [5.74, 6) is 0. The molecule has 2 nitrogen and oxygen atoms in total. The highest BCUT2D eigenvalue weighted by Gasteiger charge is 2.38. The molecule has 0 saturated carbocycles. The summed E-state index contributed by atoms with van der Waals surface area (Å²) in [5, 5.41) is 0. The van der Waals surface area contributed by atoms with Crippen LogP contribution >= 0.6 is 0 Å². The summed E-state index contributed by atoms with van der Waals surface area (Å²) in [6.45, 7) is 6.95. The molecule has 2 atom stereocenters. The minimum atomic E-state index is 0.199. The predicted octanol–water partition coefficient (Wildman–Crippen LogP) is 3.83. The van der Waals surface area contributed by atoms with Gasteiger partial charge in [-0.05, 0) is 49.1 Å². The molecule has 3 rings (SSSR count). The molecular weight excluding hydrogens is 244 g/mol. The molecule has 110 valence electrons. The predicted molar refractivity (Wildman–Crippen MR) is 86.3 cm³/mol. The third kappa shape index (κ3) is 2.46. The van der Waals surface area contributed by atoms with Crippen LogP contribution in [0.5, 0.6) is 0 Å². The van der Waals surface area contributed by atoms with Crippen LogP contribution in [0.3, 0.4) is 0 Å². The first kappa shape index (κ1) is 13.9. The SMILES string of the molecule is CC(C)(C)c1ccccc1N1C2CCCC1CC(N)C2. The van der Waals surface area contributed by atoms with Gasteiger partial charge in [0.15, 0.2) is 0 Å². The number of para-hydroxylation sites is 1. The maximum Gasteiger partial charge on any atom is 0.0409 e. The highest BCUT2D eigenvalue weighted by molar-refractivity contribution is 5.58. The first-order chi connectivity index (χ1) is 9.47. The van der Waals surface area contributed by atoms with E-state index in [0.717, 1.165) is 12.8 Å². The van der Waals surface area contributed by atoms with E-state index in [1.807, 2.05) is 0 Å². The lowest BCUT2D eigenvalue weighted by Crippen LogP contribution is -2.56. The zero-order valence-corrected chi connectivity index (χ0v) is 13.1. The van der Waals surface area contributed by atoms with Crippen LogP contribution in [0.1, 0.15) is 58.4 Å². The average molecular weight is 272 g/mol. The van der Waals surface area contributed by atoms with Crippen LogP contribution in [0, 0.1) is 0 Å². The molecule has 20 heavy (non-hydrogen) atoms. The topological polar surface area (TPSA) is 29.3 Å². The fourth-order valence-electron chi connectivity index (χ4n) is 4.15. The zero-order chi connectivity index (χ0) is 14.3. The molecule has 2 aliphatic heterocycles. The van der Waals surface area contributed by atoms with Crippen LogP contribution in [-0.4, -0.2) is 18.1 Å². The molecule has 1 aromatic carbocycles. The van der Waals surface area contributed by atoms with Crippen LogP contribution in [0.25, 0.3) is 0 Å². The third-order valence-electron chi connectivity index (χ3n) is 5.00. The Balaban J connectivity index is 2.01. The number of rotatable bonds is 1. The largest absolute Gasteiger partial charge is 0.365 e. The first-order valence-electron chi connectivity index (χ1n) is 8.10. The van der Waals surface area contributed by atoms with Gasteiger partial charge in [-0.25, -0.2) is 0 Å². The Kier molecular flexibility index (Phi) is 3.53. The van der Waals surface area contributed by atoms with Gasteiger partial charge in [-0.3, -0.25) is 0 Å². The maximum absolute atomic E-state index is 6.26. The van der Waals surface area contributed by atoms with Crippen molar-refractivity contribution in [2.24, 2.45) is 5.73 Å². The second kappa shape index (κ2) is 5.07. The second-order valence-electron chi connectivity index (χ2n) is 7.64.